The van der Waals surface area contributed by atoms with Gasteiger partial charge in [0.25, 0.3) is 0 Å². The van der Waals surface area contributed by atoms with Crippen LogP contribution < -0.4 is 11.1 Å². The van der Waals surface area contributed by atoms with Crippen LogP contribution in [0.15, 0.2) is 30.3 Å². The van der Waals surface area contributed by atoms with E-state index in [9.17, 15) is 14.4 Å². The molecule has 2 rings (SSSR count). The van der Waals surface area contributed by atoms with Gasteiger partial charge >= 0.3 is 6.09 Å². The van der Waals surface area contributed by atoms with E-state index in [0.717, 1.165) is 18.4 Å². The van der Waals surface area contributed by atoms with Crippen molar-refractivity contribution in [2.75, 3.05) is 6.54 Å². The quantitative estimate of drug-likeness (QED) is 0.835. The molecule has 1 aromatic carbocycles. The maximum Gasteiger partial charge on any atom is 0.408 e. The van der Waals surface area contributed by atoms with Crippen LogP contribution in [0.2, 0.25) is 0 Å². The summed E-state index contributed by atoms with van der Waals surface area (Å²) in [4.78, 5) is 38.2. The van der Waals surface area contributed by atoms with Gasteiger partial charge in [-0.15, -0.1) is 0 Å². The Labute approximate surface area is 153 Å². The smallest absolute Gasteiger partial charge is 0.408 e. The number of nitrogens with two attached hydrogens (primary N) is 1. The van der Waals surface area contributed by atoms with Crippen LogP contribution in [0, 0.1) is 5.41 Å². The Morgan fingerprint density at radius 2 is 2.00 bits per heavy atom. The van der Waals surface area contributed by atoms with Crippen molar-refractivity contribution in [1.82, 2.24) is 10.2 Å². The predicted molar refractivity (Wildman–Crippen MR) is 96.9 cm³/mol. The summed E-state index contributed by atoms with van der Waals surface area (Å²) in [5.41, 5.74) is 5.76. The van der Waals surface area contributed by atoms with E-state index in [-0.39, 0.29) is 12.5 Å². The zero-order valence-electron chi connectivity index (χ0n) is 15.5. The van der Waals surface area contributed by atoms with Crippen molar-refractivity contribution in [3.05, 3.63) is 35.9 Å². The minimum atomic E-state index is -0.782. The largest absolute Gasteiger partial charge is 0.445 e. The SMILES string of the molecule is C[C@@H](C(N)=O)N1CCCC(C)(C)[C@H](NC(=O)OCc2ccccc2)C1=O. The molecule has 0 radical (unpaired) electrons. The summed E-state index contributed by atoms with van der Waals surface area (Å²) >= 11 is 0. The van der Waals surface area contributed by atoms with E-state index in [1.807, 2.05) is 44.2 Å². The minimum Gasteiger partial charge on any atom is -0.445 e. The first kappa shape index (κ1) is 19.8. The first-order chi connectivity index (χ1) is 12.2. The molecule has 7 heteroatoms. The Hall–Kier alpha value is -2.57. The first-order valence-corrected chi connectivity index (χ1v) is 8.79. The monoisotopic (exact) mass is 361 g/mol. The number of alkyl carbamates (subject to hydrolysis) is 1. The molecule has 1 aliphatic rings. The standard InChI is InChI=1S/C19H27N3O4/c1-13(16(20)23)22-11-7-10-19(2,3)15(17(22)24)21-18(25)26-12-14-8-5-4-6-9-14/h4-6,8-9,13,15H,7,10-12H2,1-3H3,(H2,20,23)(H,21,25)/t13-,15+/m0/s1. The summed E-state index contributed by atoms with van der Waals surface area (Å²) in [7, 11) is 0. The number of carbonyl (C=O) groups excluding carboxylic acids is 3. The van der Waals surface area contributed by atoms with Crippen molar-refractivity contribution >= 4 is 17.9 Å². The number of carbonyl (C=O) groups is 3. The number of hydrogen-bond donors (Lipinski definition) is 2. The van der Waals surface area contributed by atoms with Crippen LogP contribution >= 0.6 is 0 Å². The molecule has 0 spiro atoms. The highest BCUT2D eigenvalue weighted by atomic mass is 16.5. The summed E-state index contributed by atoms with van der Waals surface area (Å²) in [6.45, 7) is 6.00. The molecule has 2 atom stereocenters. The van der Waals surface area contributed by atoms with Gasteiger partial charge in [0.05, 0.1) is 0 Å². The van der Waals surface area contributed by atoms with E-state index in [2.05, 4.69) is 5.32 Å². The van der Waals surface area contributed by atoms with Crippen LogP contribution in [0.3, 0.4) is 0 Å². The molecule has 1 aromatic rings. The molecule has 26 heavy (non-hydrogen) atoms. The second-order valence-electron chi connectivity index (χ2n) is 7.34. The van der Waals surface area contributed by atoms with Crippen LogP contribution in [0.1, 0.15) is 39.2 Å². The summed E-state index contributed by atoms with van der Waals surface area (Å²) in [5, 5.41) is 2.69. The number of primary amides is 1. The number of likely N-dealkylation sites (tertiary alicyclic amines) is 1. The lowest BCUT2D eigenvalue weighted by Crippen LogP contribution is -2.57. The number of nitrogens with zero attached hydrogens (tertiary/aromatic N) is 1. The summed E-state index contributed by atoms with van der Waals surface area (Å²) in [5.74, 6) is -0.876. The molecule has 3 amide bonds. The highest BCUT2D eigenvalue weighted by molar-refractivity contribution is 5.91. The molecule has 1 heterocycles. The van der Waals surface area contributed by atoms with Gasteiger partial charge in [0.2, 0.25) is 11.8 Å². The lowest BCUT2D eigenvalue weighted by atomic mass is 9.80. The number of amides is 3. The van der Waals surface area contributed by atoms with Crippen LogP contribution in [0.4, 0.5) is 4.79 Å². The van der Waals surface area contributed by atoms with Crippen molar-refractivity contribution < 1.29 is 19.1 Å². The molecule has 0 saturated carbocycles. The highest BCUT2D eigenvalue weighted by Gasteiger charge is 2.43. The lowest BCUT2D eigenvalue weighted by molar-refractivity contribution is -0.141. The Kier molecular flexibility index (Phi) is 6.23. The molecule has 3 N–H and O–H groups in total. The van der Waals surface area contributed by atoms with Crippen molar-refractivity contribution in [1.29, 1.82) is 0 Å². The topological polar surface area (TPSA) is 102 Å². The van der Waals surface area contributed by atoms with Gasteiger partial charge in [0, 0.05) is 6.54 Å². The van der Waals surface area contributed by atoms with Gasteiger partial charge < -0.3 is 20.7 Å². The Morgan fingerprint density at radius 3 is 2.62 bits per heavy atom. The Balaban J connectivity index is 2.08. The number of nitrogens with one attached hydrogen (secondary N) is 1. The Bertz CT molecular complexity index is 660. The van der Waals surface area contributed by atoms with E-state index < -0.39 is 29.5 Å². The zero-order chi connectivity index (χ0) is 19.3. The fourth-order valence-electron chi connectivity index (χ4n) is 3.14. The fraction of sp³-hybridized carbons (Fsp3) is 0.526. The third-order valence-electron chi connectivity index (χ3n) is 4.89. The molecule has 0 aliphatic carbocycles. The first-order valence-electron chi connectivity index (χ1n) is 8.79. The number of hydrogen-bond acceptors (Lipinski definition) is 4. The molecule has 142 valence electrons. The average molecular weight is 361 g/mol. The molecule has 0 aromatic heterocycles. The van der Waals surface area contributed by atoms with E-state index in [1.54, 1.807) is 6.92 Å². The van der Waals surface area contributed by atoms with Crippen LogP contribution in [-0.4, -0.2) is 41.4 Å². The second-order valence-corrected chi connectivity index (χ2v) is 7.34. The lowest BCUT2D eigenvalue weighted by Gasteiger charge is -2.34. The third-order valence-corrected chi connectivity index (χ3v) is 4.89. The average Bonchev–Trinajstić information content (AvgIpc) is 2.71. The van der Waals surface area contributed by atoms with Gasteiger partial charge in [-0.1, -0.05) is 44.2 Å². The highest BCUT2D eigenvalue weighted by Crippen LogP contribution is 2.32. The van der Waals surface area contributed by atoms with Gasteiger partial charge in [-0.25, -0.2) is 4.79 Å². The number of benzene rings is 1. The van der Waals surface area contributed by atoms with Gasteiger partial charge in [0.15, 0.2) is 0 Å². The van der Waals surface area contributed by atoms with Gasteiger partial charge in [-0.2, -0.15) is 0 Å². The van der Waals surface area contributed by atoms with Crippen LogP contribution in [0.25, 0.3) is 0 Å². The van der Waals surface area contributed by atoms with Gasteiger partial charge in [-0.3, -0.25) is 9.59 Å². The molecule has 0 bridgehead atoms. The maximum absolute atomic E-state index is 13.0. The molecular weight excluding hydrogens is 334 g/mol. The van der Waals surface area contributed by atoms with Crippen molar-refractivity contribution in [3.63, 3.8) is 0 Å². The Morgan fingerprint density at radius 1 is 1.35 bits per heavy atom. The van der Waals surface area contributed by atoms with E-state index >= 15 is 0 Å². The van der Waals surface area contributed by atoms with Crippen LogP contribution in [0.5, 0.6) is 0 Å². The normalized spacial score (nSPS) is 20.8. The molecule has 0 unspecified atom stereocenters. The summed E-state index contributed by atoms with van der Waals surface area (Å²) in [6, 6.07) is 7.80. The number of rotatable bonds is 5. The summed E-state index contributed by atoms with van der Waals surface area (Å²) in [6.07, 6.45) is 0.798. The number of ether oxygens (including phenoxy) is 1. The van der Waals surface area contributed by atoms with E-state index in [0.29, 0.717) is 6.54 Å². The van der Waals surface area contributed by atoms with Crippen molar-refractivity contribution in [2.45, 2.75) is 52.3 Å². The van der Waals surface area contributed by atoms with Gasteiger partial charge in [0.1, 0.15) is 18.7 Å². The third kappa shape index (κ3) is 4.74. The molecular formula is C19H27N3O4. The maximum atomic E-state index is 13.0. The minimum absolute atomic E-state index is 0.120. The fourth-order valence-corrected chi connectivity index (χ4v) is 3.14. The summed E-state index contributed by atoms with van der Waals surface area (Å²) < 4.78 is 5.24. The van der Waals surface area contributed by atoms with Crippen LogP contribution in [-0.2, 0) is 20.9 Å². The van der Waals surface area contributed by atoms with E-state index in [4.69, 9.17) is 10.5 Å². The predicted octanol–water partition coefficient (Wildman–Crippen LogP) is 1.80. The second kappa shape index (κ2) is 8.21. The molecule has 1 aliphatic heterocycles. The zero-order valence-corrected chi connectivity index (χ0v) is 15.5. The van der Waals surface area contributed by atoms with Crippen molar-refractivity contribution in [2.24, 2.45) is 11.1 Å². The van der Waals surface area contributed by atoms with E-state index in [1.165, 1.54) is 4.90 Å². The molecule has 1 saturated heterocycles. The van der Waals surface area contributed by atoms with Gasteiger partial charge in [-0.05, 0) is 30.7 Å². The molecule has 7 nitrogen and oxygen atoms in total. The molecule has 1 fully saturated rings. The van der Waals surface area contributed by atoms with Crippen molar-refractivity contribution in [3.8, 4) is 0 Å².